The Bertz CT molecular complexity index is 165. The molecule has 0 aromatic carbocycles. The van der Waals surface area contributed by atoms with Crippen molar-refractivity contribution in [1.29, 1.82) is 0 Å². The first-order chi connectivity index (χ1) is 5.35. The Hall–Kier alpha value is -0.370. The summed E-state index contributed by atoms with van der Waals surface area (Å²) in [6.07, 6.45) is 5.74. The van der Waals surface area contributed by atoms with Gasteiger partial charge in [-0.1, -0.05) is 0 Å². The number of fused-ring (bicyclic) bond motifs is 2. The highest BCUT2D eigenvalue weighted by molar-refractivity contribution is 5.51. The first-order valence-electron chi connectivity index (χ1n) is 4.51. The van der Waals surface area contributed by atoms with Crippen LogP contribution in [-0.2, 0) is 4.79 Å². The van der Waals surface area contributed by atoms with E-state index in [4.69, 9.17) is 0 Å². The molecule has 11 heavy (non-hydrogen) atoms. The fourth-order valence-electron chi connectivity index (χ4n) is 2.55. The third-order valence-corrected chi connectivity index (χ3v) is 3.22. The molecule has 0 N–H and O–H groups in total. The number of rotatable bonds is 2. The molecule has 2 aliphatic heterocycles. The molecule has 0 radical (unpaired) electrons. The van der Waals surface area contributed by atoms with E-state index in [0.717, 1.165) is 12.7 Å². The lowest BCUT2D eigenvalue weighted by molar-refractivity contribution is -0.110. The first kappa shape index (κ1) is 7.29. The molecule has 2 unspecified atom stereocenters. The Morgan fingerprint density at radius 3 is 3.09 bits per heavy atom. The van der Waals surface area contributed by atoms with Crippen LogP contribution in [0.2, 0.25) is 0 Å². The predicted octanol–water partition coefficient (Wildman–Crippen LogP) is 1.06. The van der Waals surface area contributed by atoms with Crippen molar-refractivity contribution in [2.24, 2.45) is 5.41 Å². The highest BCUT2D eigenvalue weighted by Gasteiger charge is 2.39. The molecule has 2 saturated heterocycles. The minimum Gasteiger partial charge on any atom is -0.303 e. The maximum Gasteiger partial charge on any atom is 0.120 e. The van der Waals surface area contributed by atoms with E-state index in [-0.39, 0.29) is 0 Å². The molecule has 2 heterocycles. The molecule has 2 nitrogen and oxygen atoms in total. The Kier molecular flexibility index (Phi) is 1.72. The van der Waals surface area contributed by atoms with Gasteiger partial charge in [0.1, 0.15) is 6.29 Å². The topological polar surface area (TPSA) is 20.3 Å². The van der Waals surface area contributed by atoms with Gasteiger partial charge in [0.25, 0.3) is 0 Å². The van der Waals surface area contributed by atoms with Gasteiger partial charge in [-0.25, -0.2) is 0 Å². The van der Waals surface area contributed by atoms with E-state index in [0.29, 0.717) is 5.41 Å². The molecule has 0 aliphatic carbocycles. The third kappa shape index (κ3) is 1.20. The van der Waals surface area contributed by atoms with E-state index in [1.807, 2.05) is 0 Å². The molecule has 0 saturated carbocycles. The molecule has 2 fully saturated rings. The Morgan fingerprint density at radius 1 is 1.36 bits per heavy atom. The fourth-order valence-corrected chi connectivity index (χ4v) is 2.55. The molecule has 62 valence electrons. The Labute approximate surface area is 67.6 Å². The molecule has 0 aromatic rings. The van der Waals surface area contributed by atoms with Gasteiger partial charge in [-0.15, -0.1) is 0 Å². The van der Waals surface area contributed by atoms with Crippen molar-refractivity contribution in [3.05, 3.63) is 0 Å². The van der Waals surface area contributed by atoms with E-state index >= 15 is 0 Å². The maximum atomic E-state index is 10.4. The summed E-state index contributed by atoms with van der Waals surface area (Å²) in [4.78, 5) is 12.9. The first-order valence-corrected chi connectivity index (χ1v) is 4.51. The largest absolute Gasteiger partial charge is 0.303 e. The zero-order valence-corrected chi connectivity index (χ0v) is 6.88. The monoisotopic (exact) mass is 153 g/mol. The van der Waals surface area contributed by atoms with Gasteiger partial charge in [0.05, 0.1) is 0 Å². The van der Waals surface area contributed by atoms with Crippen LogP contribution in [0.25, 0.3) is 0 Å². The van der Waals surface area contributed by atoms with Crippen LogP contribution in [-0.4, -0.2) is 30.8 Å². The Balaban J connectivity index is 2.06. The quantitative estimate of drug-likeness (QED) is 0.553. The number of hydrogen-bond acceptors (Lipinski definition) is 2. The lowest BCUT2D eigenvalue weighted by Gasteiger charge is -2.32. The van der Waals surface area contributed by atoms with Gasteiger partial charge in [0.2, 0.25) is 0 Å². The molecule has 2 rings (SSSR count). The van der Waals surface area contributed by atoms with E-state index in [1.54, 1.807) is 0 Å². The van der Waals surface area contributed by atoms with Gasteiger partial charge in [-0.05, 0) is 37.8 Å². The molecule has 0 amide bonds. The summed E-state index contributed by atoms with van der Waals surface area (Å²) in [5.41, 5.74) is 0.403. The van der Waals surface area contributed by atoms with Crippen LogP contribution in [0.15, 0.2) is 0 Å². The number of nitrogens with zero attached hydrogens (tertiary/aromatic N) is 1. The Morgan fingerprint density at radius 2 is 2.27 bits per heavy atom. The summed E-state index contributed by atoms with van der Waals surface area (Å²) in [5.74, 6) is 0. The fraction of sp³-hybridized carbons (Fsp3) is 0.889. The second-order valence-corrected chi connectivity index (χ2v) is 4.00. The van der Waals surface area contributed by atoms with Gasteiger partial charge in [0, 0.05) is 13.0 Å². The van der Waals surface area contributed by atoms with Gasteiger partial charge in [-0.2, -0.15) is 0 Å². The minimum atomic E-state index is 0.403. The highest BCUT2D eigenvalue weighted by Crippen LogP contribution is 2.41. The molecule has 2 atom stereocenters. The van der Waals surface area contributed by atoms with Gasteiger partial charge >= 0.3 is 0 Å². The van der Waals surface area contributed by atoms with Crippen molar-refractivity contribution in [2.45, 2.75) is 25.7 Å². The van der Waals surface area contributed by atoms with Gasteiger partial charge in [0.15, 0.2) is 0 Å². The van der Waals surface area contributed by atoms with E-state index in [2.05, 4.69) is 4.90 Å². The van der Waals surface area contributed by atoms with E-state index < -0.39 is 0 Å². The highest BCUT2D eigenvalue weighted by atomic mass is 16.1. The standard InChI is InChI=1S/C9H15NO/c11-7-4-9-2-1-5-10(8-9)6-3-9/h7H,1-6,8H2. The van der Waals surface area contributed by atoms with Crippen LogP contribution < -0.4 is 0 Å². The summed E-state index contributed by atoms with van der Waals surface area (Å²) in [5, 5.41) is 0. The zero-order chi connectivity index (χ0) is 7.73. The van der Waals surface area contributed by atoms with E-state index in [9.17, 15) is 4.79 Å². The molecular weight excluding hydrogens is 138 g/mol. The number of piperidine rings is 1. The number of carbonyl (C=O) groups excluding carboxylic acids is 1. The summed E-state index contributed by atoms with van der Waals surface area (Å²) in [6, 6.07) is 0. The van der Waals surface area contributed by atoms with Crippen LogP contribution in [0.1, 0.15) is 25.7 Å². The van der Waals surface area contributed by atoms with Crippen molar-refractivity contribution >= 4 is 6.29 Å². The van der Waals surface area contributed by atoms with Crippen molar-refractivity contribution in [1.82, 2.24) is 4.90 Å². The lowest BCUT2D eigenvalue weighted by Crippen LogP contribution is -2.33. The van der Waals surface area contributed by atoms with Crippen molar-refractivity contribution in [2.75, 3.05) is 19.6 Å². The smallest absolute Gasteiger partial charge is 0.120 e. The molecule has 0 aromatic heterocycles. The maximum absolute atomic E-state index is 10.4. The zero-order valence-electron chi connectivity index (χ0n) is 6.88. The van der Waals surface area contributed by atoms with Gasteiger partial charge in [-0.3, -0.25) is 0 Å². The number of aldehydes is 1. The number of carbonyl (C=O) groups is 1. The van der Waals surface area contributed by atoms with Crippen molar-refractivity contribution < 1.29 is 4.79 Å². The summed E-state index contributed by atoms with van der Waals surface area (Å²) in [6.45, 7) is 3.68. The second-order valence-electron chi connectivity index (χ2n) is 4.00. The second kappa shape index (κ2) is 2.59. The third-order valence-electron chi connectivity index (χ3n) is 3.22. The molecule has 0 spiro atoms. The van der Waals surface area contributed by atoms with E-state index in [1.165, 1.54) is 38.9 Å². The molecule has 2 heteroatoms. The normalized spacial score (nSPS) is 42.4. The SMILES string of the molecule is O=CCC12CCCN(CC1)C2. The van der Waals surface area contributed by atoms with Crippen LogP contribution >= 0.6 is 0 Å². The molecule has 2 aliphatic rings. The van der Waals surface area contributed by atoms with Crippen LogP contribution in [0.4, 0.5) is 0 Å². The van der Waals surface area contributed by atoms with Gasteiger partial charge < -0.3 is 9.69 Å². The van der Waals surface area contributed by atoms with Crippen LogP contribution in [0, 0.1) is 5.41 Å². The minimum absolute atomic E-state index is 0.403. The van der Waals surface area contributed by atoms with Crippen LogP contribution in [0.3, 0.4) is 0 Å². The number of hydrogen-bond donors (Lipinski definition) is 0. The molecular formula is C9H15NO. The van der Waals surface area contributed by atoms with Crippen molar-refractivity contribution in [3.63, 3.8) is 0 Å². The summed E-state index contributed by atoms with van der Waals surface area (Å²) < 4.78 is 0. The molecule has 2 bridgehead atoms. The summed E-state index contributed by atoms with van der Waals surface area (Å²) >= 11 is 0. The average molecular weight is 153 g/mol. The van der Waals surface area contributed by atoms with Crippen molar-refractivity contribution in [3.8, 4) is 0 Å². The predicted molar refractivity (Wildman–Crippen MR) is 43.4 cm³/mol. The lowest BCUT2D eigenvalue weighted by atomic mass is 9.79. The van der Waals surface area contributed by atoms with Crippen LogP contribution in [0.5, 0.6) is 0 Å². The summed E-state index contributed by atoms with van der Waals surface area (Å²) in [7, 11) is 0. The average Bonchev–Trinajstić information content (AvgIpc) is 2.28.